The largest absolute Gasteiger partial charge is 0.359 e. The molecular formula is C22H32N2S. The highest BCUT2D eigenvalue weighted by Crippen LogP contribution is 2.61. The summed E-state index contributed by atoms with van der Waals surface area (Å²) in [6, 6.07) is 9.13. The molecule has 3 heteroatoms. The van der Waals surface area contributed by atoms with Gasteiger partial charge in [0.1, 0.15) is 0 Å². The molecule has 0 spiro atoms. The molecule has 4 aliphatic carbocycles. The lowest BCUT2D eigenvalue weighted by Crippen LogP contribution is -2.56. The highest BCUT2D eigenvalue weighted by Gasteiger charge is 2.53. The van der Waals surface area contributed by atoms with Crippen LogP contribution in [0, 0.1) is 23.2 Å². The van der Waals surface area contributed by atoms with Gasteiger partial charge in [0, 0.05) is 11.7 Å². The normalized spacial score (nSPS) is 34.2. The highest BCUT2D eigenvalue weighted by molar-refractivity contribution is 7.80. The summed E-state index contributed by atoms with van der Waals surface area (Å²) in [5.41, 5.74) is 2.94. The number of thiocarbonyl (C=S) groups is 1. The van der Waals surface area contributed by atoms with Gasteiger partial charge in [0.05, 0.1) is 0 Å². The van der Waals surface area contributed by atoms with E-state index in [-0.39, 0.29) is 0 Å². The van der Waals surface area contributed by atoms with Crippen molar-refractivity contribution in [2.24, 2.45) is 23.2 Å². The number of hydrogen-bond donors (Lipinski definition) is 2. The van der Waals surface area contributed by atoms with E-state index in [9.17, 15) is 0 Å². The lowest BCUT2D eigenvalue weighted by atomic mass is 9.48. The van der Waals surface area contributed by atoms with Gasteiger partial charge in [-0.1, -0.05) is 26.0 Å². The maximum absolute atomic E-state index is 5.63. The molecule has 0 aliphatic heterocycles. The van der Waals surface area contributed by atoms with Gasteiger partial charge >= 0.3 is 0 Å². The van der Waals surface area contributed by atoms with Gasteiger partial charge in [0.2, 0.25) is 0 Å². The van der Waals surface area contributed by atoms with E-state index < -0.39 is 0 Å². The molecule has 0 amide bonds. The van der Waals surface area contributed by atoms with Crippen molar-refractivity contribution in [2.75, 3.05) is 5.32 Å². The standard InChI is InChI=1S/C22H32N2S/c1-14(2)19-4-6-20(7-5-19)24-21(25)23-15(3)22-11-16-8-17(12-22)10-18(9-16)13-22/h4-7,14-18H,8-13H2,1-3H3,(H2,23,24,25). The second-order valence-electron chi connectivity index (χ2n) is 9.38. The fourth-order valence-corrected chi connectivity index (χ4v) is 6.47. The maximum Gasteiger partial charge on any atom is 0.171 e. The van der Waals surface area contributed by atoms with E-state index in [1.54, 1.807) is 0 Å². The van der Waals surface area contributed by atoms with Crippen LogP contribution >= 0.6 is 12.2 Å². The van der Waals surface area contributed by atoms with Crippen LogP contribution in [0.15, 0.2) is 24.3 Å². The fraction of sp³-hybridized carbons (Fsp3) is 0.682. The molecule has 0 radical (unpaired) electrons. The van der Waals surface area contributed by atoms with Crippen molar-refractivity contribution in [3.8, 4) is 0 Å². The molecule has 1 unspecified atom stereocenters. The zero-order valence-corrected chi connectivity index (χ0v) is 16.7. The smallest absolute Gasteiger partial charge is 0.171 e. The molecule has 5 rings (SSSR count). The SMILES string of the molecule is CC(C)c1ccc(NC(=S)NC(C)C23CC4CC(CC(C4)C2)C3)cc1. The Morgan fingerprint density at radius 2 is 1.48 bits per heavy atom. The van der Waals surface area contributed by atoms with Gasteiger partial charge in [0.25, 0.3) is 0 Å². The molecule has 1 aromatic carbocycles. The molecular weight excluding hydrogens is 324 g/mol. The van der Waals surface area contributed by atoms with Gasteiger partial charge in [-0.15, -0.1) is 0 Å². The summed E-state index contributed by atoms with van der Waals surface area (Å²) in [7, 11) is 0. The Kier molecular flexibility index (Phi) is 4.56. The van der Waals surface area contributed by atoms with Crippen LogP contribution in [0.4, 0.5) is 5.69 Å². The van der Waals surface area contributed by atoms with E-state index in [2.05, 4.69) is 55.7 Å². The second kappa shape index (κ2) is 6.57. The fourth-order valence-electron chi connectivity index (χ4n) is 6.18. The Bertz CT molecular complexity index is 599. The van der Waals surface area contributed by atoms with Crippen molar-refractivity contribution in [3.63, 3.8) is 0 Å². The second-order valence-corrected chi connectivity index (χ2v) is 9.79. The topological polar surface area (TPSA) is 24.1 Å². The molecule has 0 heterocycles. The molecule has 25 heavy (non-hydrogen) atoms. The molecule has 1 atom stereocenters. The predicted molar refractivity (Wildman–Crippen MR) is 110 cm³/mol. The Labute approximate surface area is 158 Å². The molecule has 1 aromatic rings. The summed E-state index contributed by atoms with van der Waals surface area (Å²) in [6.07, 6.45) is 8.74. The minimum Gasteiger partial charge on any atom is -0.359 e. The molecule has 2 nitrogen and oxygen atoms in total. The van der Waals surface area contributed by atoms with Gasteiger partial charge in [-0.25, -0.2) is 0 Å². The summed E-state index contributed by atoms with van der Waals surface area (Å²) in [6.45, 7) is 6.81. The lowest BCUT2D eigenvalue weighted by Gasteiger charge is -2.59. The molecule has 4 aliphatic rings. The first-order valence-electron chi connectivity index (χ1n) is 10.1. The number of anilines is 1. The third-order valence-electron chi connectivity index (χ3n) is 7.19. The number of nitrogens with one attached hydrogen (secondary N) is 2. The van der Waals surface area contributed by atoms with Crippen LogP contribution in [-0.2, 0) is 0 Å². The summed E-state index contributed by atoms with van der Waals surface area (Å²) in [5, 5.41) is 7.81. The van der Waals surface area contributed by atoms with Crippen LogP contribution in [0.3, 0.4) is 0 Å². The molecule has 4 fully saturated rings. The number of benzene rings is 1. The van der Waals surface area contributed by atoms with Crippen LogP contribution in [0.2, 0.25) is 0 Å². The number of hydrogen-bond acceptors (Lipinski definition) is 1. The minimum atomic E-state index is 0.468. The van der Waals surface area contributed by atoms with Crippen LogP contribution in [-0.4, -0.2) is 11.2 Å². The van der Waals surface area contributed by atoms with Crippen molar-refractivity contribution in [1.82, 2.24) is 5.32 Å². The Morgan fingerprint density at radius 1 is 0.960 bits per heavy atom. The van der Waals surface area contributed by atoms with Gasteiger partial charge in [-0.3, -0.25) is 0 Å². The maximum atomic E-state index is 5.63. The summed E-state index contributed by atoms with van der Waals surface area (Å²) < 4.78 is 0. The van der Waals surface area contributed by atoms with Crippen molar-refractivity contribution in [2.45, 2.75) is 71.3 Å². The number of rotatable bonds is 4. The lowest BCUT2D eigenvalue weighted by molar-refractivity contribution is -0.0671. The van der Waals surface area contributed by atoms with Crippen LogP contribution in [0.25, 0.3) is 0 Å². The average molecular weight is 357 g/mol. The monoisotopic (exact) mass is 356 g/mol. The predicted octanol–water partition coefficient (Wildman–Crippen LogP) is 5.70. The summed E-state index contributed by atoms with van der Waals surface area (Å²) in [4.78, 5) is 0. The molecule has 2 N–H and O–H groups in total. The van der Waals surface area contributed by atoms with Crippen molar-refractivity contribution in [3.05, 3.63) is 29.8 Å². The van der Waals surface area contributed by atoms with Gasteiger partial charge in [-0.05, 0) is 104 Å². The first-order valence-corrected chi connectivity index (χ1v) is 10.5. The molecule has 0 saturated heterocycles. The Balaban J connectivity index is 1.37. The van der Waals surface area contributed by atoms with E-state index >= 15 is 0 Å². The average Bonchev–Trinajstić information content (AvgIpc) is 2.54. The van der Waals surface area contributed by atoms with E-state index in [4.69, 9.17) is 12.2 Å². The van der Waals surface area contributed by atoms with Crippen molar-refractivity contribution >= 4 is 23.0 Å². The molecule has 4 saturated carbocycles. The third kappa shape index (κ3) is 3.45. The summed E-state index contributed by atoms with van der Waals surface area (Å²) >= 11 is 5.63. The van der Waals surface area contributed by atoms with Crippen LogP contribution in [0.1, 0.15) is 70.8 Å². The van der Waals surface area contributed by atoms with Crippen LogP contribution < -0.4 is 10.6 Å². The van der Waals surface area contributed by atoms with Gasteiger partial charge < -0.3 is 10.6 Å². The molecule has 0 aromatic heterocycles. The van der Waals surface area contributed by atoms with E-state index in [0.717, 1.165) is 28.6 Å². The Hall–Kier alpha value is -1.09. The van der Waals surface area contributed by atoms with Gasteiger partial charge in [-0.2, -0.15) is 0 Å². The molecule has 4 bridgehead atoms. The first kappa shape index (κ1) is 17.3. The summed E-state index contributed by atoms with van der Waals surface area (Å²) in [5.74, 6) is 3.53. The first-order chi connectivity index (χ1) is 11.9. The Morgan fingerprint density at radius 3 is 1.96 bits per heavy atom. The minimum absolute atomic E-state index is 0.468. The third-order valence-corrected chi connectivity index (χ3v) is 7.41. The van der Waals surface area contributed by atoms with Crippen molar-refractivity contribution in [1.29, 1.82) is 0 Å². The van der Waals surface area contributed by atoms with E-state index in [0.29, 0.717) is 17.4 Å². The zero-order chi connectivity index (χ0) is 17.6. The quantitative estimate of drug-likeness (QED) is 0.677. The van der Waals surface area contributed by atoms with E-state index in [1.807, 2.05) is 0 Å². The van der Waals surface area contributed by atoms with Crippen molar-refractivity contribution < 1.29 is 0 Å². The van der Waals surface area contributed by atoms with Crippen LogP contribution in [0.5, 0.6) is 0 Å². The zero-order valence-electron chi connectivity index (χ0n) is 15.8. The van der Waals surface area contributed by atoms with E-state index in [1.165, 1.54) is 44.1 Å². The highest BCUT2D eigenvalue weighted by atomic mass is 32.1. The molecule has 136 valence electrons. The van der Waals surface area contributed by atoms with Gasteiger partial charge in [0.15, 0.2) is 5.11 Å².